The summed E-state index contributed by atoms with van der Waals surface area (Å²) < 4.78 is 19.4. The van der Waals surface area contributed by atoms with Crippen molar-refractivity contribution >= 4 is 18.1 Å². The van der Waals surface area contributed by atoms with Crippen LogP contribution in [0.25, 0.3) is 0 Å². The number of aromatic amines is 1. The van der Waals surface area contributed by atoms with Crippen LogP contribution in [0.15, 0.2) is 42.5 Å². The van der Waals surface area contributed by atoms with E-state index in [1.807, 2.05) is 34.9 Å². The molecule has 0 unspecified atom stereocenters. The summed E-state index contributed by atoms with van der Waals surface area (Å²) in [6.45, 7) is 0.613. The highest BCUT2D eigenvalue weighted by Crippen LogP contribution is 2.39. The van der Waals surface area contributed by atoms with E-state index in [4.69, 9.17) is 26.4 Å². The Morgan fingerprint density at radius 3 is 2.48 bits per heavy atom. The second-order valence-corrected chi connectivity index (χ2v) is 7.60. The Morgan fingerprint density at radius 1 is 1.19 bits per heavy atom. The van der Waals surface area contributed by atoms with Crippen molar-refractivity contribution in [2.45, 2.75) is 32.0 Å². The quantitative estimate of drug-likeness (QED) is 0.492. The molecule has 4 rings (SSSR count). The van der Waals surface area contributed by atoms with E-state index in [1.54, 1.807) is 12.1 Å². The Morgan fingerprint density at radius 2 is 1.87 bits per heavy atom. The first kappa shape index (κ1) is 20.9. The van der Waals surface area contributed by atoms with Gasteiger partial charge < -0.3 is 19.5 Å². The minimum Gasteiger partial charge on any atom is -0.493 e. The first-order valence-corrected chi connectivity index (χ1v) is 10.4. The van der Waals surface area contributed by atoms with Gasteiger partial charge in [-0.2, -0.15) is 5.10 Å². The van der Waals surface area contributed by atoms with Gasteiger partial charge in [0.05, 0.1) is 20.8 Å². The molecule has 1 amide bonds. The monoisotopic (exact) mass is 440 g/mol. The smallest absolute Gasteiger partial charge is 0.251 e. The van der Waals surface area contributed by atoms with E-state index in [0.29, 0.717) is 46.1 Å². The average Bonchev–Trinajstić information content (AvgIpc) is 3.57. The number of ether oxygens (including phenoxy) is 3. The highest BCUT2D eigenvalue weighted by molar-refractivity contribution is 7.71. The van der Waals surface area contributed by atoms with Crippen LogP contribution in [0.5, 0.6) is 17.2 Å². The lowest BCUT2D eigenvalue weighted by atomic mass is 10.1. The maximum atomic E-state index is 12.8. The molecule has 1 saturated carbocycles. The van der Waals surface area contributed by atoms with Crippen molar-refractivity contribution in [3.63, 3.8) is 0 Å². The zero-order chi connectivity index (χ0) is 21.8. The summed E-state index contributed by atoms with van der Waals surface area (Å²) in [5.41, 5.74) is 1.41. The minimum atomic E-state index is -0.275. The molecule has 2 N–H and O–H groups in total. The number of hydrogen-bond acceptors (Lipinski definition) is 6. The summed E-state index contributed by atoms with van der Waals surface area (Å²) in [5, 5.41) is 9.93. The van der Waals surface area contributed by atoms with Crippen molar-refractivity contribution in [3.05, 3.63) is 64.2 Å². The number of rotatable bonds is 9. The zero-order valence-corrected chi connectivity index (χ0v) is 18.2. The van der Waals surface area contributed by atoms with Crippen LogP contribution in [0, 0.1) is 4.77 Å². The van der Waals surface area contributed by atoms with Crippen molar-refractivity contribution < 1.29 is 19.0 Å². The van der Waals surface area contributed by atoms with Crippen molar-refractivity contribution in [1.29, 1.82) is 0 Å². The molecule has 0 radical (unpaired) electrons. The normalized spacial score (nSPS) is 13.0. The average molecular weight is 441 g/mol. The molecule has 9 heteroatoms. The molecule has 0 aliphatic heterocycles. The van der Waals surface area contributed by atoms with Crippen LogP contribution >= 0.6 is 12.2 Å². The van der Waals surface area contributed by atoms with Gasteiger partial charge in [0, 0.05) is 11.6 Å². The van der Waals surface area contributed by atoms with Gasteiger partial charge in [0.15, 0.2) is 22.1 Å². The van der Waals surface area contributed by atoms with Gasteiger partial charge in [-0.05, 0) is 42.8 Å². The fourth-order valence-corrected chi connectivity index (χ4v) is 3.62. The van der Waals surface area contributed by atoms with Crippen LogP contribution < -0.4 is 19.5 Å². The van der Waals surface area contributed by atoms with Gasteiger partial charge in [0.2, 0.25) is 5.75 Å². The standard InChI is InChI=1S/C22H24N4O4S/c1-28-17-10-15(11-18(29-2)20(17)30-13-14-6-4-3-5-7-14)21(27)23-12-19-24-25-22(31)26(19)16-8-9-16/h3-7,10-11,16H,8-9,12-13H2,1-2H3,(H,23,27)(H,25,31). The summed E-state index contributed by atoms with van der Waals surface area (Å²) in [7, 11) is 3.05. The molecule has 8 nitrogen and oxygen atoms in total. The third-order valence-electron chi connectivity index (χ3n) is 5.05. The molecular weight excluding hydrogens is 416 g/mol. The molecule has 162 valence electrons. The van der Waals surface area contributed by atoms with E-state index in [9.17, 15) is 4.79 Å². The lowest BCUT2D eigenvalue weighted by Crippen LogP contribution is -2.25. The summed E-state index contributed by atoms with van der Waals surface area (Å²) in [4.78, 5) is 12.8. The molecule has 1 fully saturated rings. The van der Waals surface area contributed by atoms with Gasteiger partial charge in [-0.1, -0.05) is 30.3 Å². The Bertz CT molecular complexity index is 1100. The molecule has 0 spiro atoms. The second-order valence-electron chi connectivity index (χ2n) is 7.21. The fourth-order valence-electron chi connectivity index (χ4n) is 3.32. The van der Waals surface area contributed by atoms with E-state index in [0.717, 1.165) is 18.4 Å². The van der Waals surface area contributed by atoms with E-state index in [2.05, 4.69) is 15.5 Å². The molecule has 0 saturated heterocycles. The number of carbonyl (C=O) groups excluding carboxylic acids is 1. The highest BCUT2D eigenvalue weighted by atomic mass is 32.1. The van der Waals surface area contributed by atoms with Crippen molar-refractivity contribution in [1.82, 2.24) is 20.1 Å². The molecule has 1 aliphatic rings. The molecule has 1 heterocycles. The number of benzene rings is 2. The number of carbonyl (C=O) groups is 1. The molecule has 31 heavy (non-hydrogen) atoms. The topological polar surface area (TPSA) is 90.4 Å². The Hall–Kier alpha value is -3.33. The van der Waals surface area contributed by atoms with Crippen LogP contribution in [0.4, 0.5) is 0 Å². The third-order valence-corrected chi connectivity index (χ3v) is 5.33. The number of methoxy groups -OCH3 is 2. The number of amides is 1. The second kappa shape index (κ2) is 9.22. The minimum absolute atomic E-state index is 0.263. The van der Waals surface area contributed by atoms with E-state index in [-0.39, 0.29) is 12.5 Å². The Kier molecular flexibility index (Phi) is 6.22. The number of hydrogen-bond donors (Lipinski definition) is 2. The van der Waals surface area contributed by atoms with E-state index in [1.165, 1.54) is 14.2 Å². The Labute approximate surface area is 185 Å². The van der Waals surface area contributed by atoms with Crippen LogP contribution in [0.3, 0.4) is 0 Å². The number of H-pyrrole nitrogens is 1. The van der Waals surface area contributed by atoms with Gasteiger partial charge in [0.25, 0.3) is 5.91 Å². The molecular formula is C22H24N4O4S. The van der Waals surface area contributed by atoms with Crippen molar-refractivity contribution in [2.24, 2.45) is 0 Å². The maximum absolute atomic E-state index is 12.8. The van der Waals surface area contributed by atoms with Gasteiger partial charge in [-0.15, -0.1) is 0 Å². The lowest BCUT2D eigenvalue weighted by molar-refractivity contribution is 0.0948. The van der Waals surface area contributed by atoms with Gasteiger partial charge in [0.1, 0.15) is 6.61 Å². The number of nitrogens with zero attached hydrogens (tertiary/aromatic N) is 2. The van der Waals surface area contributed by atoms with Crippen LogP contribution in [0.2, 0.25) is 0 Å². The first-order valence-electron chi connectivity index (χ1n) is 9.97. The summed E-state index contributed by atoms with van der Waals surface area (Å²) in [5.74, 6) is 1.72. The van der Waals surface area contributed by atoms with Crippen molar-refractivity contribution in [2.75, 3.05) is 14.2 Å². The number of nitrogens with one attached hydrogen (secondary N) is 2. The van der Waals surface area contributed by atoms with Crippen LogP contribution in [0.1, 0.15) is 40.6 Å². The molecule has 1 aliphatic carbocycles. The van der Waals surface area contributed by atoms with Gasteiger partial charge in [-0.3, -0.25) is 14.5 Å². The Balaban J connectivity index is 1.50. The van der Waals surface area contributed by atoms with Crippen molar-refractivity contribution in [3.8, 4) is 17.2 Å². The predicted molar refractivity (Wildman–Crippen MR) is 117 cm³/mol. The van der Waals surface area contributed by atoms with Gasteiger partial charge >= 0.3 is 0 Å². The summed E-state index contributed by atoms with van der Waals surface area (Å²) in [6.07, 6.45) is 2.15. The highest BCUT2D eigenvalue weighted by Gasteiger charge is 2.27. The third kappa shape index (κ3) is 4.72. The largest absolute Gasteiger partial charge is 0.493 e. The zero-order valence-electron chi connectivity index (χ0n) is 17.4. The number of aromatic nitrogens is 3. The maximum Gasteiger partial charge on any atom is 0.251 e. The van der Waals surface area contributed by atoms with Crippen LogP contribution in [-0.2, 0) is 13.2 Å². The molecule has 3 aromatic rings. The SMILES string of the molecule is COc1cc(C(=O)NCc2n[nH]c(=S)n2C2CC2)cc(OC)c1OCc1ccccc1. The van der Waals surface area contributed by atoms with E-state index < -0.39 is 0 Å². The summed E-state index contributed by atoms with van der Waals surface area (Å²) in [6, 6.07) is 13.4. The first-order chi connectivity index (χ1) is 15.1. The summed E-state index contributed by atoms with van der Waals surface area (Å²) >= 11 is 5.29. The molecule has 2 aromatic carbocycles. The van der Waals surface area contributed by atoms with Crippen LogP contribution in [-0.4, -0.2) is 34.9 Å². The predicted octanol–water partition coefficient (Wildman–Crippen LogP) is 3.80. The molecule has 1 aromatic heterocycles. The van der Waals surface area contributed by atoms with Gasteiger partial charge in [-0.25, -0.2) is 0 Å². The lowest BCUT2D eigenvalue weighted by Gasteiger charge is -2.16. The fraction of sp³-hybridized carbons (Fsp3) is 0.318. The van der Waals surface area contributed by atoms with E-state index >= 15 is 0 Å². The molecule has 0 atom stereocenters. The molecule has 0 bridgehead atoms.